The van der Waals surface area contributed by atoms with Crippen LogP contribution in [0.5, 0.6) is 0 Å². The van der Waals surface area contributed by atoms with Crippen LogP contribution in [-0.4, -0.2) is 35.3 Å². The molecule has 1 aromatic heterocycles. The average molecular weight is 551 g/mol. The van der Waals surface area contributed by atoms with Crippen LogP contribution in [0.3, 0.4) is 0 Å². The lowest BCUT2D eigenvalue weighted by atomic mass is 9.78. The lowest BCUT2D eigenvalue weighted by molar-refractivity contribution is -0.115. The Morgan fingerprint density at radius 3 is 2.60 bits per heavy atom. The van der Waals surface area contributed by atoms with E-state index in [-0.39, 0.29) is 33.3 Å². The molecule has 1 aromatic carbocycles. The summed E-state index contributed by atoms with van der Waals surface area (Å²) >= 11 is 3.38. The maximum Gasteiger partial charge on any atom is 0.258 e. The summed E-state index contributed by atoms with van der Waals surface area (Å²) in [5.74, 6) is -3.71. The van der Waals surface area contributed by atoms with Crippen LogP contribution in [0.1, 0.15) is 78.4 Å². The van der Waals surface area contributed by atoms with Crippen molar-refractivity contribution in [2.24, 2.45) is 5.41 Å². The Morgan fingerprint density at radius 2 is 1.89 bits per heavy atom. The minimum atomic E-state index is -1.07. The minimum absolute atomic E-state index is 0.0981. The number of halogens is 3. The molecule has 6 nitrogen and oxygen atoms in total. The first-order valence-electron chi connectivity index (χ1n) is 12.0. The van der Waals surface area contributed by atoms with Crippen molar-refractivity contribution < 1.29 is 27.9 Å². The molecule has 2 aliphatic rings. The molecular formula is C26H29BrF2N2O4. The second-order valence-electron chi connectivity index (χ2n) is 9.70. The molecule has 0 radical (unpaired) electrons. The van der Waals surface area contributed by atoms with E-state index in [9.17, 15) is 23.2 Å². The van der Waals surface area contributed by atoms with Gasteiger partial charge in [-0.05, 0) is 72.0 Å². The standard InChI is InChI=1S/C26H29BrF2N2O4/c1-26(10-13-35-14-11-26)9-3-2-6-20(32)24(33)23-22(27)21(19-5-4-12-31(19)23)25(34)30-16-7-8-17(28)18(29)15-16/h7-8,15H,2-6,9-14H2,1H3,(H,30,34). The van der Waals surface area contributed by atoms with Crippen molar-refractivity contribution in [1.29, 1.82) is 0 Å². The SMILES string of the molecule is CC1(CCCCC(=O)C(=O)c2c(Br)c(C(=O)Nc3ccc(F)c(F)c3)c3n2CCC3)CCOCC1. The normalized spacial score (nSPS) is 16.7. The summed E-state index contributed by atoms with van der Waals surface area (Å²) < 4.78 is 34.2. The number of nitrogens with zero attached hydrogens (tertiary/aromatic N) is 1. The zero-order valence-electron chi connectivity index (χ0n) is 19.7. The first kappa shape index (κ1) is 25.7. The number of unbranched alkanes of at least 4 members (excludes halogenated alkanes) is 1. The van der Waals surface area contributed by atoms with Gasteiger partial charge in [0.25, 0.3) is 5.91 Å². The molecule has 0 bridgehead atoms. The second kappa shape index (κ2) is 10.7. The van der Waals surface area contributed by atoms with Crippen LogP contribution in [0.15, 0.2) is 22.7 Å². The van der Waals surface area contributed by atoms with Crippen molar-refractivity contribution in [3.8, 4) is 0 Å². The number of hydrogen-bond donors (Lipinski definition) is 1. The molecule has 0 atom stereocenters. The van der Waals surface area contributed by atoms with Gasteiger partial charge in [0, 0.05) is 43.6 Å². The van der Waals surface area contributed by atoms with E-state index in [1.165, 1.54) is 6.07 Å². The Kier molecular flexibility index (Phi) is 7.86. The van der Waals surface area contributed by atoms with Gasteiger partial charge in [0.1, 0.15) is 5.69 Å². The summed E-state index contributed by atoms with van der Waals surface area (Å²) in [4.78, 5) is 38.9. The fourth-order valence-corrected chi connectivity index (χ4v) is 5.77. The van der Waals surface area contributed by atoms with Crippen molar-refractivity contribution in [3.05, 3.63) is 51.3 Å². The van der Waals surface area contributed by atoms with Gasteiger partial charge in [-0.1, -0.05) is 13.3 Å². The van der Waals surface area contributed by atoms with Gasteiger partial charge in [0.2, 0.25) is 11.6 Å². The minimum Gasteiger partial charge on any atom is -0.381 e. The van der Waals surface area contributed by atoms with E-state index in [4.69, 9.17) is 4.74 Å². The van der Waals surface area contributed by atoms with E-state index in [1.54, 1.807) is 4.57 Å². The number of aromatic nitrogens is 1. The maximum absolute atomic E-state index is 13.6. The number of benzene rings is 1. The van der Waals surface area contributed by atoms with E-state index < -0.39 is 29.1 Å². The number of Topliss-reactive ketones (excluding diaryl/α,β-unsaturated/α-hetero) is 2. The Bertz CT molecular complexity index is 1150. The van der Waals surface area contributed by atoms with Gasteiger partial charge < -0.3 is 14.6 Å². The third kappa shape index (κ3) is 5.56. The summed E-state index contributed by atoms with van der Waals surface area (Å²) in [6.07, 6.45) is 6.00. The predicted octanol–water partition coefficient (Wildman–Crippen LogP) is 5.86. The summed E-state index contributed by atoms with van der Waals surface area (Å²) in [6.45, 7) is 4.32. The van der Waals surface area contributed by atoms with Crippen molar-refractivity contribution >= 4 is 39.1 Å². The van der Waals surface area contributed by atoms with Crippen LogP contribution in [0.25, 0.3) is 0 Å². The second-order valence-corrected chi connectivity index (χ2v) is 10.5. The molecule has 3 heterocycles. The number of amides is 1. The highest BCUT2D eigenvalue weighted by Gasteiger charge is 2.34. The number of nitrogens with one attached hydrogen (secondary N) is 1. The molecule has 1 saturated heterocycles. The molecule has 0 spiro atoms. The highest BCUT2D eigenvalue weighted by atomic mass is 79.9. The molecular weight excluding hydrogens is 522 g/mol. The van der Waals surface area contributed by atoms with Gasteiger partial charge in [-0.2, -0.15) is 0 Å². The number of hydrogen-bond acceptors (Lipinski definition) is 4. The van der Waals surface area contributed by atoms with Gasteiger partial charge in [-0.25, -0.2) is 8.78 Å². The Labute approximate surface area is 211 Å². The summed E-state index contributed by atoms with van der Waals surface area (Å²) in [7, 11) is 0. The zero-order chi connectivity index (χ0) is 25.2. The largest absolute Gasteiger partial charge is 0.381 e. The van der Waals surface area contributed by atoms with Crippen LogP contribution < -0.4 is 5.32 Å². The van der Waals surface area contributed by atoms with E-state index in [1.807, 2.05) is 0 Å². The molecule has 4 rings (SSSR count). The van der Waals surface area contributed by atoms with Crippen LogP contribution in [0, 0.1) is 17.0 Å². The molecule has 1 fully saturated rings. The topological polar surface area (TPSA) is 77.4 Å². The molecule has 0 aliphatic carbocycles. The van der Waals surface area contributed by atoms with Crippen molar-refractivity contribution in [3.63, 3.8) is 0 Å². The molecule has 2 aromatic rings. The highest BCUT2D eigenvalue weighted by Crippen LogP contribution is 2.36. The fraction of sp³-hybridized carbons (Fsp3) is 0.500. The monoisotopic (exact) mass is 550 g/mol. The van der Waals surface area contributed by atoms with Crippen LogP contribution in [-0.2, 0) is 22.5 Å². The quantitative estimate of drug-likeness (QED) is 0.241. The van der Waals surface area contributed by atoms with E-state index in [2.05, 4.69) is 28.2 Å². The number of fused-ring (bicyclic) bond motifs is 1. The zero-order valence-corrected chi connectivity index (χ0v) is 21.3. The van der Waals surface area contributed by atoms with Crippen LogP contribution in [0.4, 0.5) is 14.5 Å². The number of carbonyl (C=O) groups excluding carboxylic acids is 3. The van der Waals surface area contributed by atoms with Crippen molar-refractivity contribution in [1.82, 2.24) is 4.57 Å². The molecule has 35 heavy (non-hydrogen) atoms. The van der Waals surface area contributed by atoms with E-state index in [0.717, 1.165) is 57.5 Å². The number of ether oxygens (including phenoxy) is 1. The van der Waals surface area contributed by atoms with Gasteiger partial charge >= 0.3 is 0 Å². The number of carbonyl (C=O) groups is 3. The molecule has 0 unspecified atom stereocenters. The third-order valence-corrected chi connectivity index (χ3v) is 7.89. The summed E-state index contributed by atoms with van der Waals surface area (Å²) in [5.41, 5.74) is 1.42. The summed E-state index contributed by atoms with van der Waals surface area (Å²) in [5, 5.41) is 2.56. The Balaban J connectivity index is 1.44. The Morgan fingerprint density at radius 1 is 1.14 bits per heavy atom. The van der Waals surface area contributed by atoms with Gasteiger partial charge in [-0.3, -0.25) is 14.4 Å². The van der Waals surface area contributed by atoms with Crippen molar-refractivity contribution in [2.45, 2.75) is 64.8 Å². The van der Waals surface area contributed by atoms with E-state index >= 15 is 0 Å². The van der Waals surface area contributed by atoms with Crippen molar-refractivity contribution in [2.75, 3.05) is 18.5 Å². The first-order valence-corrected chi connectivity index (χ1v) is 12.8. The van der Waals surface area contributed by atoms with Crippen LogP contribution >= 0.6 is 15.9 Å². The van der Waals surface area contributed by atoms with Gasteiger partial charge in [-0.15, -0.1) is 0 Å². The molecule has 9 heteroatoms. The third-order valence-electron chi connectivity index (χ3n) is 7.11. The van der Waals surface area contributed by atoms with Crippen LogP contribution in [0.2, 0.25) is 0 Å². The molecule has 1 amide bonds. The van der Waals surface area contributed by atoms with Gasteiger partial charge in [0.15, 0.2) is 11.6 Å². The molecule has 0 saturated carbocycles. The lowest BCUT2D eigenvalue weighted by Crippen LogP contribution is -2.26. The summed E-state index contributed by atoms with van der Waals surface area (Å²) in [6, 6.07) is 3.09. The molecule has 2 aliphatic heterocycles. The molecule has 1 N–H and O–H groups in total. The average Bonchev–Trinajstić information content (AvgIpc) is 3.38. The smallest absolute Gasteiger partial charge is 0.258 e. The lowest BCUT2D eigenvalue weighted by Gasteiger charge is -2.33. The Hall–Kier alpha value is -2.39. The maximum atomic E-state index is 13.6. The van der Waals surface area contributed by atoms with E-state index in [0.29, 0.717) is 25.1 Å². The predicted molar refractivity (Wildman–Crippen MR) is 131 cm³/mol. The fourth-order valence-electron chi connectivity index (χ4n) is 4.96. The molecule has 188 valence electrons. The highest BCUT2D eigenvalue weighted by molar-refractivity contribution is 9.10. The first-order chi connectivity index (χ1) is 16.7. The number of ketones is 2. The van der Waals surface area contributed by atoms with Gasteiger partial charge in [0.05, 0.1) is 10.0 Å². The number of rotatable bonds is 9. The number of anilines is 1.